The molecule has 2 aliphatic heterocycles. The molecule has 0 bridgehead atoms. The molecule has 3 aliphatic rings. The average molecular weight is 898 g/mol. The lowest BCUT2D eigenvalue weighted by Crippen LogP contribution is -2.54. The van der Waals surface area contributed by atoms with Crippen LogP contribution >= 0.6 is 0 Å². The number of nitrogens with zero attached hydrogens (tertiary/aromatic N) is 5. The van der Waals surface area contributed by atoms with Crippen molar-refractivity contribution in [2.24, 2.45) is 5.92 Å². The van der Waals surface area contributed by atoms with E-state index in [1.807, 2.05) is 0 Å². The molecule has 8 rings (SSSR count). The van der Waals surface area contributed by atoms with Crippen molar-refractivity contribution in [3.05, 3.63) is 107 Å². The molecule has 2 aromatic carbocycles. The fourth-order valence-corrected chi connectivity index (χ4v) is 7.21. The van der Waals surface area contributed by atoms with Gasteiger partial charge in [0.2, 0.25) is 17.7 Å². The number of aromatic nitrogens is 4. The maximum atomic E-state index is 14.0. The first kappa shape index (κ1) is 44.4. The topological polar surface area (TPSA) is 229 Å². The van der Waals surface area contributed by atoms with E-state index < -0.39 is 59.0 Å². The van der Waals surface area contributed by atoms with Crippen LogP contribution in [0.3, 0.4) is 0 Å². The zero-order valence-corrected chi connectivity index (χ0v) is 34.6. The molecule has 1 aliphatic carbocycles. The van der Waals surface area contributed by atoms with Gasteiger partial charge in [-0.25, -0.2) is 14.6 Å². The third-order valence-corrected chi connectivity index (χ3v) is 10.8. The summed E-state index contributed by atoms with van der Waals surface area (Å²) in [4.78, 5) is 84.9. The minimum absolute atomic E-state index is 0.0434. The van der Waals surface area contributed by atoms with Crippen LogP contribution in [-0.4, -0.2) is 106 Å². The van der Waals surface area contributed by atoms with Gasteiger partial charge in [-0.1, -0.05) is 6.07 Å². The second kappa shape index (κ2) is 19.2. The SMILES string of the molecule is O=C1CCC(N2C(=O)c3ccc(CCCOCCOCCNC(=O)c4ccc(-n5cc(NC(=O)c6coc(-c7ccnc(NCC8CC8)c7)n6)c(C(F)(F)F)n5)cc4)cc3C2=O)C(=O)N1. The van der Waals surface area contributed by atoms with Crippen LogP contribution in [0.1, 0.15) is 84.9 Å². The van der Waals surface area contributed by atoms with Gasteiger partial charge in [-0.15, -0.1) is 0 Å². The number of nitrogens with one attached hydrogen (secondary N) is 4. The summed E-state index contributed by atoms with van der Waals surface area (Å²) in [6, 6.07) is 12.9. The van der Waals surface area contributed by atoms with Gasteiger partial charge in [0.05, 0.1) is 48.5 Å². The van der Waals surface area contributed by atoms with E-state index in [2.05, 4.69) is 36.3 Å². The largest absolute Gasteiger partial charge is 0.444 e. The summed E-state index contributed by atoms with van der Waals surface area (Å²) in [6.45, 7) is 2.08. The summed E-state index contributed by atoms with van der Waals surface area (Å²) in [7, 11) is 0. The molecular weight excluding hydrogens is 856 g/mol. The number of benzene rings is 2. The zero-order valence-electron chi connectivity index (χ0n) is 34.6. The molecule has 1 saturated carbocycles. The van der Waals surface area contributed by atoms with Gasteiger partial charge in [0, 0.05) is 43.4 Å². The van der Waals surface area contributed by atoms with E-state index in [1.165, 1.54) is 24.3 Å². The predicted octanol–water partition coefficient (Wildman–Crippen LogP) is 4.81. The zero-order chi connectivity index (χ0) is 45.7. The number of piperidine rings is 1. The van der Waals surface area contributed by atoms with Crippen molar-refractivity contribution >= 4 is 46.9 Å². The van der Waals surface area contributed by atoms with Crippen molar-refractivity contribution in [2.45, 2.75) is 50.7 Å². The normalized spacial score (nSPS) is 16.1. The van der Waals surface area contributed by atoms with Gasteiger partial charge in [-0.2, -0.15) is 18.3 Å². The minimum Gasteiger partial charge on any atom is -0.444 e. The van der Waals surface area contributed by atoms with Gasteiger partial charge in [-0.05, 0) is 92.1 Å². The highest BCUT2D eigenvalue weighted by molar-refractivity contribution is 6.23. The highest BCUT2D eigenvalue weighted by Crippen LogP contribution is 2.35. The number of oxazole rings is 1. The lowest BCUT2D eigenvalue weighted by molar-refractivity contribution is -0.140. The lowest BCUT2D eigenvalue weighted by Gasteiger charge is -2.27. The fourth-order valence-electron chi connectivity index (χ4n) is 7.21. The molecule has 1 unspecified atom stereocenters. The number of halogens is 3. The summed E-state index contributed by atoms with van der Waals surface area (Å²) >= 11 is 0. The van der Waals surface area contributed by atoms with Gasteiger partial charge in [0.1, 0.15) is 18.1 Å². The standard InChI is InChI=1S/C44H42F3N9O9/c45-44(46,47)37-32(51-39(59)33-24-65-41(52-33)28-13-14-48-35(21-28)50-22-26-3-4-26)23-55(54-37)29-8-6-27(7-9-29)38(58)49-15-17-64-19-18-63-16-1-2-25-5-10-30-31(20-25)43(62)56(42(30)61)34-11-12-36(57)53-40(34)60/h5-10,13-14,20-21,23-24,26,34H,1-4,11-12,15-19,22H2,(H,48,50)(H,49,58)(H,51,59)(H,53,57,60). The van der Waals surface area contributed by atoms with Gasteiger partial charge in [0.15, 0.2) is 11.4 Å². The predicted molar refractivity (Wildman–Crippen MR) is 223 cm³/mol. The van der Waals surface area contributed by atoms with E-state index in [-0.39, 0.29) is 73.2 Å². The number of amides is 6. The molecule has 0 radical (unpaired) electrons. The number of pyridine rings is 1. The first-order valence-corrected chi connectivity index (χ1v) is 20.8. The molecule has 21 heteroatoms. The summed E-state index contributed by atoms with van der Waals surface area (Å²) in [5, 5.41) is 14.0. The number of hydrogen-bond donors (Lipinski definition) is 4. The molecule has 6 amide bonds. The average Bonchev–Trinajstić information content (AvgIpc) is 3.69. The van der Waals surface area contributed by atoms with E-state index in [0.717, 1.165) is 47.0 Å². The highest BCUT2D eigenvalue weighted by atomic mass is 19.4. The van der Waals surface area contributed by atoms with Crippen molar-refractivity contribution in [1.82, 2.24) is 35.3 Å². The third-order valence-electron chi connectivity index (χ3n) is 10.8. The Hall–Kier alpha value is -7.26. The van der Waals surface area contributed by atoms with Crippen molar-refractivity contribution in [1.29, 1.82) is 0 Å². The molecule has 4 N–H and O–H groups in total. The molecule has 5 heterocycles. The number of imide groups is 2. The van der Waals surface area contributed by atoms with Gasteiger partial charge in [0.25, 0.3) is 23.6 Å². The molecular formula is C44H42F3N9O9. The minimum atomic E-state index is -4.91. The lowest BCUT2D eigenvalue weighted by atomic mass is 10.0. The number of carbonyl (C=O) groups excluding carboxylic acids is 6. The molecule has 0 spiro atoms. The molecule has 3 aromatic heterocycles. The first-order valence-electron chi connectivity index (χ1n) is 20.8. The molecule has 338 valence electrons. The Bertz CT molecular complexity index is 2630. The Morgan fingerprint density at radius 3 is 2.42 bits per heavy atom. The van der Waals surface area contributed by atoms with Crippen LogP contribution < -0.4 is 21.3 Å². The van der Waals surface area contributed by atoms with Gasteiger partial charge < -0.3 is 29.8 Å². The van der Waals surface area contributed by atoms with E-state index >= 15 is 0 Å². The Balaban J connectivity index is 0.743. The Morgan fingerprint density at radius 2 is 1.66 bits per heavy atom. The number of ether oxygens (including phenoxy) is 2. The van der Waals surface area contributed by atoms with E-state index in [0.29, 0.717) is 36.7 Å². The first-order chi connectivity index (χ1) is 31.3. The molecule has 2 fully saturated rings. The maximum absolute atomic E-state index is 14.0. The molecule has 1 saturated heterocycles. The van der Waals surface area contributed by atoms with Crippen molar-refractivity contribution in [3.63, 3.8) is 0 Å². The van der Waals surface area contributed by atoms with Crippen LogP contribution in [0.25, 0.3) is 17.1 Å². The van der Waals surface area contributed by atoms with Gasteiger partial charge in [-0.3, -0.25) is 39.0 Å². The van der Waals surface area contributed by atoms with Crippen LogP contribution in [0.4, 0.5) is 24.7 Å². The van der Waals surface area contributed by atoms with E-state index in [4.69, 9.17) is 13.9 Å². The second-order valence-corrected chi connectivity index (χ2v) is 15.5. The van der Waals surface area contributed by atoms with E-state index in [9.17, 15) is 41.9 Å². The van der Waals surface area contributed by atoms with Crippen molar-refractivity contribution in [3.8, 4) is 17.1 Å². The fraction of sp³-hybridized carbons (Fsp3) is 0.341. The van der Waals surface area contributed by atoms with Crippen molar-refractivity contribution < 1.29 is 55.8 Å². The summed E-state index contributed by atoms with van der Waals surface area (Å²) in [5.41, 5.74) is 0.0293. The molecule has 5 aromatic rings. The number of rotatable bonds is 19. The van der Waals surface area contributed by atoms with E-state index in [1.54, 1.807) is 36.5 Å². The van der Waals surface area contributed by atoms with Crippen molar-refractivity contribution in [2.75, 3.05) is 50.2 Å². The number of aryl methyl sites for hydroxylation is 1. The summed E-state index contributed by atoms with van der Waals surface area (Å²) in [6.07, 6.45) is 2.33. The quantitative estimate of drug-likeness (QED) is 0.0645. The molecule has 1 atom stereocenters. The van der Waals surface area contributed by atoms with Gasteiger partial charge >= 0.3 is 6.18 Å². The van der Waals surface area contributed by atoms with Crippen LogP contribution in [0, 0.1) is 5.92 Å². The maximum Gasteiger partial charge on any atom is 0.437 e. The molecule has 65 heavy (non-hydrogen) atoms. The number of fused-ring (bicyclic) bond motifs is 1. The van der Waals surface area contributed by atoms with Crippen LogP contribution in [0.2, 0.25) is 0 Å². The number of hydrogen-bond acceptors (Lipinski definition) is 13. The van der Waals surface area contributed by atoms with Crippen LogP contribution in [0.5, 0.6) is 0 Å². The number of alkyl halides is 3. The van der Waals surface area contributed by atoms with Crippen LogP contribution in [0.15, 0.2) is 77.7 Å². The Kier molecular flexibility index (Phi) is 13.1. The third kappa shape index (κ3) is 10.6. The van der Waals surface area contributed by atoms with Crippen LogP contribution in [-0.2, 0) is 31.7 Å². The monoisotopic (exact) mass is 897 g/mol. The Labute approximate surface area is 368 Å². The molecule has 18 nitrogen and oxygen atoms in total. The number of anilines is 2. The highest BCUT2D eigenvalue weighted by Gasteiger charge is 2.44. The Morgan fingerprint density at radius 1 is 0.892 bits per heavy atom. The smallest absolute Gasteiger partial charge is 0.437 e. The second-order valence-electron chi connectivity index (χ2n) is 15.5. The summed E-state index contributed by atoms with van der Waals surface area (Å²) in [5.74, 6) is -2.30. The summed E-state index contributed by atoms with van der Waals surface area (Å²) < 4.78 is 59.7. The number of carbonyl (C=O) groups is 6.